The van der Waals surface area contributed by atoms with Crippen LogP contribution in [-0.2, 0) is 37.3 Å². The molecular formula is C56H53N4OPt-3. The van der Waals surface area contributed by atoms with E-state index in [1.165, 1.54) is 22.3 Å². The van der Waals surface area contributed by atoms with Crippen molar-refractivity contribution in [3.8, 4) is 28.4 Å². The fourth-order valence-electron chi connectivity index (χ4n) is 8.01. The van der Waals surface area contributed by atoms with E-state index in [9.17, 15) is 0 Å². The van der Waals surface area contributed by atoms with Crippen LogP contribution in [0.3, 0.4) is 0 Å². The van der Waals surface area contributed by atoms with Crippen molar-refractivity contribution in [2.45, 2.75) is 78.6 Å². The first kappa shape index (κ1) is 42.8. The molecule has 0 spiro atoms. The van der Waals surface area contributed by atoms with Crippen LogP contribution in [0.15, 0.2) is 152 Å². The molecule has 62 heavy (non-hydrogen) atoms. The van der Waals surface area contributed by atoms with Crippen molar-refractivity contribution < 1.29 is 25.8 Å². The number of nitrogens with zero attached hydrogens (tertiary/aromatic N) is 4. The molecule has 6 aromatic carbocycles. The van der Waals surface area contributed by atoms with Crippen LogP contribution in [0.1, 0.15) is 84.6 Å². The normalized spacial score (nSPS) is 13.4. The number of hydrogen-bond donors (Lipinski definition) is 0. The molecule has 0 bridgehead atoms. The Kier molecular flexibility index (Phi) is 11.3. The molecule has 0 saturated carbocycles. The average Bonchev–Trinajstić information content (AvgIpc) is 3.84. The molecule has 0 amide bonds. The molecule has 1 aliphatic heterocycles. The summed E-state index contributed by atoms with van der Waals surface area (Å²) in [5.74, 6) is 2.09. The van der Waals surface area contributed by atoms with Crippen molar-refractivity contribution >= 4 is 38.9 Å². The molecule has 0 fully saturated rings. The first-order chi connectivity index (χ1) is 29.1. The molecule has 0 radical (unpaired) electrons. The van der Waals surface area contributed by atoms with Gasteiger partial charge in [0.2, 0.25) is 0 Å². The van der Waals surface area contributed by atoms with Crippen LogP contribution in [0.25, 0.3) is 44.4 Å². The summed E-state index contributed by atoms with van der Waals surface area (Å²) in [5, 5.41) is 2.24. The number of ether oxygens (including phenoxy) is 1. The van der Waals surface area contributed by atoms with Crippen LogP contribution in [-0.4, -0.2) is 9.55 Å². The summed E-state index contributed by atoms with van der Waals surface area (Å²) in [4.78, 5) is 9.35. The third-order valence-electron chi connectivity index (χ3n) is 11.6. The van der Waals surface area contributed by atoms with Crippen molar-refractivity contribution in [1.29, 1.82) is 0 Å². The number of para-hydroxylation sites is 1. The van der Waals surface area contributed by atoms with Gasteiger partial charge in [0.05, 0.1) is 0 Å². The van der Waals surface area contributed by atoms with Crippen LogP contribution >= 0.6 is 0 Å². The summed E-state index contributed by atoms with van der Waals surface area (Å²) in [6, 6.07) is 56.8. The number of pyridine rings is 1. The first-order valence-corrected chi connectivity index (χ1v) is 21.2. The Morgan fingerprint density at radius 2 is 1.19 bits per heavy atom. The Hall–Kier alpha value is -5.90. The maximum atomic E-state index is 6.81. The minimum atomic E-state index is -0.164. The van der Waals surface area contributed by atoms with Gasteiger partial charge in [-0.05, 0) is 86.0 Å². The largest absolute Gasteiger partial charge is 0.509 e. The topological polar surface area (TPSA) is 33.5 Å². The molecule has 0 saturated heterocycles. The fraction of sp³-hybridized carbons (Fsp3) is 0.214. The van der Waals surface area contributed by atoms with E-state index in [2.05, 4.69) is 235 Å². The number of benzene rings is 6. The summed E-state index contributed by atoms with van der Waals surface area (Å²) < 4.78 is 9.01. The molecule has 1 aliphatic rings. The van der Waals surface area contributed by atoms with Gasteiger partial charge < -0.3 is 19.1 Å². The molecule has 2 aromatic heterocycles. The van der Waals surface area contributed by atoms with E-state index in [-0.39, 0.29) is 37.3 Å². The van der Waals surface area contributed by atoms with E-state index < -0.39 is 0 Å². The number of anilines is 2. The minimum absolute atomic E-state index is 0. The molecule has 8 aromatic rings. The van der Waals surface area contributed by atoms with Gasteiger partial charge in [-0.1, -0.05) is 153 Å². The van der Waals surface area contributed by atoms with Gasteiger partial charge >= 0.3 is 0 Å². The predicted octanol–water partition coefficient (Wildman–Crippen LogP) is 14.6. The van der Waals surface area contributed by atoms with Gasteiger partial charge in [0, 0.05) is 55.7 Å². The van der Waals surface area contributed by atoms with E-state index in [0.29, 0.717) is 11.5 Å². The van der Waals surface area contributed by atoms with Gasteiger partial charge in [0.25, 0.3) is 0 Å². The number of hydrogen-bond acceptors (Lipinski definition) is 4. The summed E-state index contributed by atoms with van der Waals surface area (Å²) in [6.45, 7) is 22.4. The van der Waals surface area contributed by atoms with Crippen LogP contribution < -0.4 is 14.5 Å². The Labute approximate surface area is 382 Å². The zero-order chi connectivity index (χ0) is 42.7. The molecule has 6 heteroatoms. The van der Waals surface area contributed by atoms with Crippen molar-refractivity contribution in [3.63, 3.8) is 0 Å². The minimum Gasteiger partial charge on any atom is -0.509 e. The maximum absolute atomic E-state index is 6.81. The quantitative estimate of drug-likeness (QED) is 0.149. The first-order valence-electron chi connectivity index (χ1n) is 21.2. The van der Waals surface area contributed by atoms with Crippen molar-refractivity contribution in [1.82, 2.24) is 9.55 Å². The molecule has 9 rings (SSSR count). The van der Waals surface area contributed by atoms with E-state index in [1.54, 1.807) is 0 Å². The molecule has 0 N–H and O–H groups in total. The molecule has 0 aliphatic carbocycles. The molecule has 5 nitrogen and oxygen atoms in total. The van der Waals surface area contributed by atoms with Crippen LogP contribution in [0.5, 0.6) is 11.5 Å². The standard InChI is InChI=1S/C56H53N4O.Pt/c1-54(2,3)41-26-27-57-53(33-41)60-50-23-17-16-22-48(50)49-25-24-46(35-51(49)60)61-47-32-43(56(7,8)9)30-44(34-47)58-36-52(39-20-14-11-15-21-39)59(37-58)45-29-40(38-18-12-10-13-19-38)28-42(31-45)55(4,5)6;/h10-33,36-37H,1-9H3;/q-3;. The van der Waals surface area contributed by atoms with E-state index in [4.69, 9.17) is 9.72 Å². The third-order valence-corrected chi connectivity index (χ3v) is 11.6. The summed E-state index contributed by atoms with van der Waals surface area (Å²) in [7, 11) is 0. The van der Waals surface area contributed by atoms with E-state index in [1.807, 2.05) is 12.3 Å². The number of fused-ring (bicyclic) bond motifs is 3. The van der Waals surface area contributed by atoms with Crippen molar-refractivity contribution in [3.05, 3.63) is 193 Å². The van der Waals surface area contributed by atoms with Gasteiger partial charge in [-0.2, -0.15) is 6.07 Å². The summed E-state index contributed by atoms with van der Waals surface area (Å²) >= 11 is 0. The smallest absolute Gasteiger partial charge is 0.135 e. The number of rotatable bonds is 7. The van der Waals surface area contributed by atoms with E-state index >= 15 is 0 Å². The molecule has 316 valence electrons. The zero-order valence-corrected chi connectivity index (χ0v) is 39.3. The summed E-state index contributed by atoms with van der Waals surface area (Å²) in [6.07, 6.45) is 4.11. The Balaban J connectivity index is 0.00000529. The number of aromatic nitrogens is 2. The third kappa shape index (κ3) is 8.48. The predicted molar refractivity (Wildman–Crippen MR) is 254 cm³/mol. The second-order valence-corrected chi connectivity index (χ2v) is 19.2. The van der Waals surface area contributed by atoms with Gasteiger partial charge in [-0.3, -0.25) is 0 Å². The Morgan fingerprint density at radius 1 is 0.548 bits per heavy atom. The summed E-state index contributed by atoms with van der Waals surface area (Å²) in [5.41, 5.74) is 11.9. The second-order valence-electron chi connectivity index (χ2n) is 19.2. The fourth-order valence-corrected chi connectivity index (χ4v) is 8.01. The zero-order valence-electron chi connectivity index (χ0n) is 37.0. The van der Waals surface area contributed by atoms with Gasteiger partial charge in [0.1, 0.15) is 5.82 Å². The van der Waals surface area contributed by atoms with Crippen molar-refractivity contribution in [2.75, 3.05) is 9.80 Å². The molecule has 0 atom stereocenters. The Bertz CT molecular complexity index is 2930. The van der Waals surface area contributed by atoms with Crippen LogP contribution in [0.4, 0.5) is 11.4 Å². The molecular weight excluding hydrogens is 940 g/mol. The van der Waals surface area contributed by atoms with E-state index in [0.717, 1.165) is 55.8 Å². The van der Waals surface area contributed by atoms with Crippen LogP contribution in [0, 0.1) is 18.8 Å². The maximum Gasteiger partial charge on any atom is 0.135 e. The van der Waals surface area contributed by atoms with Gasteiger partial charge in [-0.15, -0.1) is 53.6 Å². The van der Waals surface area contributed by atoms with Crippen LogP contribution in [0.2, 0.25) is 0 Å². The van der Waals surface area contributed by atoms with Gasteiger partial charge in [-0.25, -0.2) is 4.98 Å². The van der Waals surface area contributed by atoms with Gasteiger partial charge in [0.15, 0.2) is 0 Å². The van der Waals surface area contributed by atoms with Crippen molar-refractivity contribution in [2.24, 2.45) is 0 Å². The monoisotopic (exact) mass is 992 g/mol. The average molecular weight is 993 g/mol. The molecule has 0 unspecified atom stereocenters. The second kappa shape index (κ2) is 16.4. The molecule has 3 heterocycles. The SMILES string of the molecule is CC(C)(C)c1cc(Oc2[c-]c3c(cc2)c2ccccc2n3-c2cc(C(C)(C)C)ccn2)[c-]c(N2C=C(c3ccccc3)N(c3cc(-c4ccccc4)cc(C(C)(C)C)c3)[CH-]2)c1.[Pt]. The Morgan fingerprint density at radius 3 is 1.89 bits per heavy atom.